The molecule has 6 nitrogen and oxygen atoms in total. The third-order valence-corrected chi connectivity index (χ3v) is 5.34. The van der Waals surface area contributed by atoms with Crippen LogP contribution < -0.4 is 4.90 Å². The molecule has 0 N–H and O–H groups in total. The SMILES string of the molecule is Cc1c(C(=O)N(c2ccccn2)C2CCCC2)nnn1-c1ccc(F)c(Cl)c1. The van der Waals surface area contributed by atoms with Crippen molar-refractivity contribution in [2.45, 2.75) is 38.6 Å². The van der Waals surface area contributed by atoms with Crippen LogP contribution in [0.25, 0.3) is 5.69 Å². The first kappa shape index (κ1) is 18.6. The molecule has 1 aliphatic carbocycles. The smallest absolute Gasteiger partial charge is 0.282 e. The van der Waals surface area contributed by atoms with Crippen molar-refractivity contribution < 1.29 is 9.18 Å². The van der Waals surface area contributed by atoms with E-state index < -0.39 is 5.82 Å². The lowest BCUT2D eigenvalue weighted by Crippen LogP contribution is -2.40. The van der Waals surface area contributed by atoms with Crippen molar-refractivity contribution in [2.24, 2.45) is 0 Å². The number of hydrogen-bond acceptors (Lipinski definition) is 4. The molecule has 1 fully saturated rings. The molecule has 0 bridgehead atoms. The summed E-state index contributed by atoms with van der Waals surface area (Å²) in [6, 6.07) is 9.87. The number of aromatic nitrogens is 4. The first-order chi connectivity index (χ1) is 13.6. The van der Waals surface area contributed by atoms with E-state index >= 15 is 0 Å². The second kappa shape index (κ2) is 7.67. The Balaban J connectivity index is 1.72. The Morgan fingerprint density at radius 2 is 2.04 bits per heavy atom. The average molecular weight is 400 g/mol. The van der Waals surface area contributed by atoms with Crippen LogP contribution in [0, 0.1) is 12.7 Å². The van der Waals surface area contributed by atoms with Crippen molar-refractivity contribution >= 4 is 23.3 Å². The summed E-state index contributed by atoms with van der Waals surface area (Å²) in [6.45, 7) is 1.76. The van der Waals surface area contributed by atoms with E-state index in [-0.39, 0.29) is 22.7 Å². The van der Waals surface area contributed by atoms with Crippen LogP contribution in [0.3, 0.4) is 0 Å². The standard InChI is InChI=1S/C20H19ClFN5O/c1-13-19(24-25-27(13)15-9-10-17(22)16(21)12-15)20(28)26(14-6-2-3-7-14)18-8-4-5-11-23-18/h4-5,8-12,14H,2-3,6-7H2,1H3. The van der Waals surface area contributed by atoms with Crippen LogP contribution in [0.2, 0.25) is 5.02 Å². The number of carbonyl (C=O) groups is 1. The molecular weight excluding hydrogens is 381 g/mol. The Labute approximate surface area is 166 Å². The molecule has 4 rings (SSSR count). The second-order valence-corrected chi connectivity index (χ2v) is 7.24. The predicted octanol–water partition coefficient (Wildman–Crippen LogP) is 4.35. The van der Waals surface area contributed by atoms with Crippen molar-refractivity contribution in [1.29, 1.82) is 0 Å². The zero-order chi connectivity index (χ0) is 19.7. The van der Waals surface area contributed by atoms with Crippen molar-refractivity contribution in [3.05, 3.63) is 64.8 Å². The first-order valence-corrected chi connectivity index (χ1v) is 9.56. The Morgan fingerprint density at radius 3 is 2.71 bits per heavy atom. The van der Waals surface area contributed by atoms with Crippen LogP contribution in [0.1, 0.15) is 41.9 Å². The van der Waals surface area contributed by atoms with E-state index in [1.807, 2.05) is 18.2 Å². The van der Waals surface area contributed by atoms with Crippen LogP contribution in [0.4, 0.5) is 10.2 Å². The lowest BCUT2D eigenvalue weighted by molar-refractivity contribution is 0.0970. The number of anilines is 1. The molecule has 1 amide bonds. The minimum atomic E-state index is -0.512. The fourth-order valence-corrected chi connectivity index (χ4v) is 3.79. The van der Waals surface area contributed by atoms with E-state index in [2.05, 4.69) is 15.3 Å². The quantitative estimate of drug-likeness (QED) is 0.654. The number of pyridine rings is 1. The number of amides is 1. The maximum Gasteiger partial charge on any atom is 0.282 e. The monoisotopic (exact) mass is 399 g/mol. The van der Waals surface area contributed by atoms with Gasteiger partial charge < -0.3 is 0 Å². The fourth-order valence-electron chi connectivity index (χ4n) is 3.62. The summed E-state index contributed by atoms with van der Waals surface area (Å²) in [5.41, 5.74) is 1.35. The minimum absolute atomic E-state index is 0.0126. The van der Waals surface area contributed by atoms with Gasteiger partial charge in [-0.1, -0.05) is 35.7 Å². The molecule has 0 aliphatic heterocycles. The lowest BCUT2D eigenvalue weighted by Gasteiger charge is -2.27. The highest BCUT2D eigenvalue weighted by atomic mass is 35.5. The topological polar surface area (TPSA) is 63.9 Å². The third-order valence-electron chi connectivity index (χ3n) is 5.05. The normalized spacial score (nSPS) is 14.4. The Bertz CT molecular complexity index is 1000. The Hall–Kier alpha value is -2.80. The number of carbonyl (C=O) groups excluding carboxylic acids is 1. The van der Waals surface area contributed by atoms with Gasteiger partial charge >= 0.3 is 0 Å². The molecule has 0 atom stereocenters. The van der Waals surface area contributed by atoms with Gasteiger partial charge in [0, 0.05) is 12.2 Å². The van der Waals surface area contributed by atoms with E-state index in [0.29, 0.717) is 17.2 Å². The average Bonchev–Trinajstić information content (AvgIpc) is 3.35. The van der Waals surface area contributed by atoms with Gasteiger partial charge in [-0.05, 0) is 50.1 Å². The number of rotatable bonds is 4. The molecule has 0 spiro atoms. The summed E-state index contributed by atoms with van der Waals surface area (Å²) < 4.78 is 15.0. The number of nitrogens with zero attached hydrogens (tertiary/aromatic N) is 5. The summed E-state index contributed by atoms with van der Waals surface area (Å²) in [6.07, 6.45) is 5.71. The van der Waals surface area contributed by atoms with Crippen LogP contribution in [-0.4, -0.2) is 31.9 Å². The molecule has 1 aliphatic rings. The van der Waals surface area contributed by atoms with E-state index in [9.17, 15) is 9.18 Å². The fraction of sp³-hybridized carbons (Fsp3) is 0.300. The lowest BCUT2D eigenvalue weighted by atomic mass is 10.1. The van der Waals surface area contributed by atoms with E-state index in [1.165, 1.54) is 16.8 Å². The van der Waals surface area contributed by atoms with Crippen molar-refractivity contribution in [3.8, 4) is 5.69 Å². The second-order valence-electron chi connectivity index (χ2n) is 6.84. The Kier molecular flexibility index (Phi) is 5.09. The maximum absolute atomic E-state index is 13.5. The van der Waals surface area contributed by atoms with E-state index in [0.717, 1.165) is 25.7 Å². The number of halogens is 2. The largest absolute Gasteiger partial charge is 0.288 e. The molecule has 1 saturated carbocycles. The van der Waals surface area contributed by atoms with Crippen LogP contribution in [-0.2, 0) is 0 Å². The van der Waals surface area contributed by atoms with E-state index in [1.54, 1.807) is 24.1 Å². The molecule has 0 unspecified atom stereocenters. The summed E-state index contributed by atoms with van der Waals surface area (Å²) >= 11 is 5.88. The van der Waals surface area contributed by atoms with Crippen LogP contribution in [0.15, 0.2) is 42.6 Å². The zero-order valence-electron chi connectivity index (χ0n) is 15.3. The highest BCUT2D eigenvalue weighted by molar-refractivity contribution is 6.30. The van der Waals surface area contributed by atoms with Crippen molar-refractivity contribution in [1.82, 2.24) is 20.0 Å². The molecule has 0 saturated heterocycles. The number of hydrogen-bond donors (Lipinski definition) is 0. The van der Waals surface area contributed by atoms with Crippen molar-refractivity contribution in [2.75, 3.05) is 4.90 Å². The van der Waals surface area contributed by atoms with Gasteiger partial charge in [-0.15, -0.1) is 5.10 Å². The molecule has 28 heavy (non-hydrogen) atoms. The minimum Gasteiger partial charge on any atom is -0.288 e. The van der Waals surface area contributed by atoms with Gasteiger partial charge in [0.2, 0.25) is 0 Å². The molecule has 2 heterocycles. The van der Waals surface area contributed by atoms with Gasteiger partial charge in [0.1, 0.15) is 11.6 Å². The van der Waals surface area contributed by atoms with Gasteiger partial charge in [0.25, 0.3) is 5.91 Å². The summed E-state index contributed by atoms with van der Waals surface area (Å²) in [5.74, 6) is -0.136. The van der Waals surface area contributed by atoms with Gasteiger partial charge in [0.15, 0.2) is 5.69 Å². The molecule has 3 aromatic rings. The Morgan fingerprint density at radius 1 is 1.25 bits per heavy atom. The maximum atomic E-state index is 13.5. The highest BCUT2D eigenvalue weighted by Crippen LogP contribution is 2.29. The van der Waals surface area contributed by atoms with Crippen LogP contribution >= 0.6 is 11.6 Å². The van der Waals surface area contributed by atoms with Gasteiger partial charge in [-0.2, -0.15) is 0 Å². The molecular formula is C20H19ClFN5O. The van der Waals surface area contributed by atoms with Gasteiger partial charge in [-0.25, -0.2) is 14.1 Å². The zero-order valence-corrected chi connectivity index (χ0v) is 16.1. The van der Waals surface area contributed by atoms with E-state index in [4.69, 9.17) is 11.6 Å². The molecule has 8 heteroatoms. The first-order valence-electron chi connectivity index (χ1n) is 9.18. The molecule has 144 valence electrons. The number of benzene rings is 1. The van der Waals surface area contributed by atoms with Gasteiger partial charge in [0.05, 0.1) is 16.4 Å². The van der Waals surface area contributed by atoms with Crippen molar-refractivity contribution in [3.63, 3.8) is 0 Å². The summed E-state index contributed by atoms with van der Waals surface area (Å²) in [4.78, 5) is 19.5. The molecule has 0 radical (unpaired) electrons. The third kappa shape index (κ3) is 3.38. The predicted molar refractivity (Wildman–Crippen MR) is 104 cm³/mol. The van der Waals surface area contributed by atoms with Gasteiger partial charge in [-0.3, -0.25) is 9.69 Å². The molecule has 1 aromatic carbocycles. The van der Waals surface area contributed by atoms with Crippen LogP contribution in [0.5, 0.6) is 0 Å². The highest BCUT2D eigenvalue weighted by Gasteiger charge is 2.32. The summed E-state index contributed by atoms with van der Waals surface area (Å²) in [7, 11) is 0. The molecule has 2 aromatic heterocycles. The summed E-state index contributed by atoms with van der Waals surface area (Å²) in [5, 5.41) is 8.20.